The summed E-state index contributed by atoms with van der Waals surface area (Å²) in [5.41, 5.74) is 6.68. The number of aromatic nitrogens is 2. The average Bonchev–Trinajstić information content (AvgIpc) is 2.83. The Balaban J connectivity index is 0.00000162. The summed E-state index contributed by atoms with van der Waals surface area (Å²) in [6.45, 7) is 1.91. The maximum Gasteiger partial charge on any atom is 0.157 e. The van der Waals surface area contributed by atoms with Crippen molar-refractivity contribution in [2.24, 2.45) is 5.73 Å². The molecule has 0 atom stereocenters. The zero-order valence-corrected chi connectivity index (χ0v) is 11.0. The third kappa shape index (κ3) is 4.39. The van der Waals surface area contributed by atoms with Crippen LogP contribution < -0.4 is 10.5 Å². The molecule has 4 nitrogen and oxygen atoms in total. The minimum atomic E-state index is 0. The van der Waals surface area contributed by atoms with Crippen molar-refractivity contribution >= 4 is 12.4 Å². The van der Waals surface area contributed by atoms with Crippen molar-refractivity contribution in [2.75, 3.05) is 13.2 Å². The van der Waals surface area contributed by atoms with Crippen LogP contribution in [0.4, 0.5) is 0 Å². The van der Waals surface area contributed by atoms with Crippen LogP contribution in [-0.4, -0.2) is 22.9 Å². The Kier molecular flexibility index (Phi) is 6.25. The highest BCUT2D eigenvalue weighted by molar-refractivity contribution is 5.85. The molecule has 0 aliphatic heterocycles. The number of benzene rings is 1. The van der Waals surface area contributed by atoms with E-state index in [0.29, 0.717) is 13.2 Å². The van der Waals surface area contributed by atoms with Crippen LogP contribution in [0.1, 0.15) is 5.56 Å². The number of halogens is 1. The van der Waals surface area contributed by atoms with Gasteiger partial charge >= 0.3 is 0 Å². The molecule has 0 amide bonds. The molecular formula is C13H18ClN3O. The van der Waals surface area contributed by atoms with Gasteiger partial charge in [-0.1, -0.05) is 30.3 Å². The van der Waals surface area contributed by atoms with Gasteiger partial charge in [-0.2, -0.15) is 5.10 Å². The molecule has 0 aliphatic carbocycles. The van der Waals surface area contributed by atoms with Crippen LogP contribution in [0, 0.1) is 0 Å². The topological polar surface area (TPSA) is 53.1 Å². The summed E-state index contributed by atoms with van der Waals surface area (Å²) in [5.74, 6) is 0.781. The molecule has 2 N–H and O–H groups in total. The average molecular weight is 268 g/mol. The molecule has 0 fully saturated rings. The minimum Gasteiger partial charge on any atom is -0.489 e. The molecule has 1 heterocycles. The van der Waals surface area contributed by atoms with Gasteiger partial charge in [-0.3, -0.25) is 4.68 Å². The Morgan fingerprint density at radius 2 is 2.00 bits per heavy atom. The molecule has 1 aromatic heterocycles. The van der Waals surface area contributed by atoms with Gasteiger partial charge in [0.2, 0.25) is 0 Å². The van der Waals surface area contributed by atoms with Crippen LogP contribution >= 0.6 is 12.4 Å². The van der Waals surface area contributed by atoms with Crippen molar-refractivity contribution < 1.29 is 4.74 Å². The monoisotopic (exact) mass is 267 g/mol. The van der Waals surface area contributed by atoms with E-state index in [1.54, 1.807) is 6.20 Å². The number of aryl methyl sites for hydroxylation is 2. The van der Waals surface area contributed by atoms with E-state index in [2.05, 4.69) is 17.2 Å². The number of nitrogens with zero attached hydrogens (tertiary/aromatic N) is 2. The van der Waals surface area contributed by atoms with E-state index >= 15 is 0 Å². The van der Waals surface area contributed by atoms with Gasteiger partial charge in [0.1, 0.15) is 6.61 Å². The van der Waals surface area contributed by atoms with Gasteiger partial charge in [-0.25, -0.2) is 0 Å². The van der Waals surface area contributed by atoms with E-state index in [9.17, 15) is 0 Å². The Morgan fingerprint density at radius 3 is 2.72 bits per heavy atom. The fourth-order valence-corrected chi connectivity index (χ4v) is 1.61. The minimum absolute atomic E-state index is 0. The summed E-state index contributed by atoms with van der Waals surface area (Å²) >= 11 is 0. The normalized spacial score (nSPS) is 9.83. The van der Waals surface area contributed by atoms with Crippen LogP contribution in [0.25, 0.3) is 0 Å². The Morgan fingerprint density at radius 1 is 1.22 bits per heavy atom. The van der Waals surface area contributed by atoms with Crippen molar-refractivity contribution in [3.8, 4) is 5.75 Å². The van der Waals surface area contributed by atoms with Gasteiger partial charge in [-0.05, 0) is 12.0 Å². The van der Waals surface area contributed by atoms with Crippen LogP contribution in [0.3, 0.4) is 0 Å². The Hall–Kier alpha value is -1.52. The van der Waals surface area contributed by atoms with Crippen molar-refractivity contribution in [1.29, 1.82) is 0 Å². The van der Waals surface area contributed by atoms with Gasteiger partial charge in [0.25, 0.3) is 0 Å². The molecule has 2 aromatic rings. The van der Waals surface area contributed by atoms with E-state index in [4.69, 9.17) is 10.5 Å². The van der Waals surface area contributed by atoms with Crippen molar-refractivity contribution in [3.05, 3.63) is 48.3 Å². The first-order valence-electron chi connectivity index (χ1n) is 5.78. The fraction of sp³-hybridized carbons (Fsp3) is 0.308. The standard InChI is InChI=1S/C13H17N3O.ClH/c14-7-9-17-13-10-15-16(11-13)8-6-12-4-2-1-3-5-12;/h1-5,10-11H,6-9,14H2;1H. The molecule has 0 saturated heterocycles. The highest BCUT2D eigenvalue weighted by atomic mass is 35.5. The summed E-state index contributed by atoms with van der Waals surface area (Å²) < 4.78 is 7.27. The van der Waals surface area contributed by atoms with Crippen LogP contribution in [0.15, 0.2) is 42.7 Å². The smallest absolute Gasteiger partial charge is 0.157 e. The lowest BCUT2D eigenvalue weighted by Gasteiger charge is -2.02. The second kappa shape index (κ2) is 7.74. The molecular weight excluding hydrogens is 250 g/mol. The summed E-state index contributed by atoms with van der Waals surface area (Å²) in [6.07, 6.45) is 4.60. The Labute approximate surface area is 113 Å². The molecule has 0 saturated carbocycles. The second-order valence-electron chi connectivity index (χ2n) is 3.81. The summed E-state index contributed by atoms with van der Waals surface area (Å²) in [7, 11) is 0. The first-order valence-corrected chi connectivity index (χ1v) is 5.78. The maximum absolute atomic E-state index is 5.38. The molecule has 0 aliphatic rings. The number of ether oxygens (including phenoxy) is 1. The van der Waals surface area contributed by atoms with Gasteiger partial charge in [0, 0.05) is 13.1 Å². The number of hydrogen-bond acceptors (Lipinski definition) is 3. The predicted molar refractivity (Wildman–Crippen MR) is 74.2 cm³/mol. The van der Waals surface area contributed by atoms with E-state index in [1.807, 2.05) is 29.1 Å². The highest BCUT2D eigenvalue weighted by Crippen LogP contribution is 2.09. The van der Waals surface area contributed by atoms with Crippen LogP contribution in [0.2, 0.25) is 0 Å². The van der Waals surface area contributed by atoms with Gasteiger partial charge in [0.15, 0.2) is 5.75 Å². The lowest BCUT2D eigenvalue weighted by atomic mass is 10.1. The molecule has 98 valence electrons. The van der Waals surface area contributed by atoms with E-state index in [0.717, 1.165) is 18.7 Å². The van der Waals surface area contributed by atoms with Crippen molar-refractivity contribution in [2.45, 2.75) is 13.0 Å². The van der Waals surface area contributed by atoms with E-state index in [-0.39, 0.29) is 12.4 Å². The molecule has 5 heteroatoms. The quantitative estimate of drug-likeness (QED) is 0.870. The zero-order chi connectivity index (χ0) is 11.9. The van der Waals surface area contributed by atoms with Crippen molar-refractivity contribution in [3.63, 3.8) is 0 Å². The first-order chi connectivity index (χ1) is 8.38. The lowest BCUT2D eigenvalue weighted by molar-refractivity contribution is 0.328. The summed E-state index contributed by atoms with van der Waals surface area (Å²) in [4.78, 5) is 0. The van der Waals surface area contributed by atoms with Crippen LogP contribution in [0.5, 0.6) is 5.75 Å². The third-order valence-corrected chi connectivity index (χ3v) is 2.47. The SMILES string of the molecule is Cl.NCCOc1cnn(CCc2ccccc2)c1. The summed E-state index contributed by atoms with van der Waals surface area (Å²) in [5, 5.41) is 4.24. The number of rotatable bonds is 6. The highest BCUT2D eigenvalue weighted by Gasteiger charge is 1.99. The Bertz CT molecular complexity index is 445. The zero-order valence-electron chi connectivity index (χ0n) is 10.2. The van der Waals surface area contributed by atoms with E-state index < -0.39 is 0 Å². The van der Waals surface area contributed by atoms with Gasteiger partial charge < -0.3 is 10.5 Å². The number of nitrogens with two attached hydrogens (primary N) is 1. The predicted octanol–water partition coefficient (Wildman–Crippen LogP) is 1.89. The molecule has 0 radical (unpaired) electrons. The lowest BCUT2D eigenvalue weighted by Crippen LogP contribution is -2.10. The molecule has 0 bridgehead atoms. The number of hydrogen-bond donors (Lipinski definition) is 1. The van der Waals surface area contributed by atoms with Gasteiger partial charge in [-0.15, -0.1) is 12.4 Å². The van der Waals surface area contributed by atoms with Gasteiger partial charge in [0.05, 0.1) is 12.4 Å². The van der Waals surface area contributed by atoms with Crippen LogP contribution in [-0.2, 0) is 13.0 Å². The maximum atomic E-state index is 5.38. The largest absolute Gasteiger partial charge is 0.489 e. The molecule has 0 spiro atoms. The first kappa shape index (κ1) is 14.5. The fourth-order valence-electron chi connectivity index (χ4n) is 1.61. The molecule has 2 rings (SSSR count). The molecule has 0 unspecified atom stereocenters. The second-order valence-corrected chi connectivity index (χ2v) is 3.81. The summed E-state index contributed by atoms with van der Waals surface area (Å²) in [6, 6.07) is 10.4. The van der Waals surface area contributed by atoms with E-state index in [1.165, 1.54) is 5.56 Å². The van der Waals surface area contributed by atoms with Crippen molar-refractivity contribution in [1.82, 2.24) is 9.78 Å². The third-order valence-electron chi connectivity index (χ3n) is 2.47. The molecule has 1 aromatic carbocycles. The molecule has 18 heavy (non-hydrogen) atoms.